The number of hydrogen-bond donors (Lipinski definition) is 0. The van der Waals surface area contributed by atoms with Crippen molar-refractivity contribution in [3.05, 3.63) is 29.3 Å². The summed E-state index contributed by atoms with van der Waals surface area (Å²) in [5, 5.41) is 0.708. The molecule has 24 heavy (non-hydrogen) atoms. The van der Waals surface area contributed by atoms with E-state index in [0.29, 0.717) is 11.6 Å². The lowest BCUT2D eigenvalue weighted by molar-refractivity contribution is -0.160. The minimum Gasteiger partial charge on any atom is -0.494 e. The smallest absolute Gasteiger partial charge is 0.310 e. The van der Waals surface area contributed by atoms with Crippen molar-refractivity contribution in [2.24, 2.45) is 11.8 Å². The number of ether oxygens (including phenoxy) is 2. The van der Waals surface area contributed by atoms with Crippen LogP contribution < -0.4 is 4.74 Å². The summed E-state index contributed by atoms with van der Waals surface area (Å²) >= 11 is 7.62. The van der Waals surface area contributed by atoms with Crippen molar-refractivity contribution in [1.29, 1.82) is 0 Å². The van der Waals surface area contributed by atoms with Crippen LogP contribution in [0.5, 0.6) is 5.75 Å². The fraction of sp³-hybridized carbons (Fsp3) is 0.632. The average molecular weight is 373 g/mol. The number of carbonyl (C=O) groups excluding carboxylic acids is 1. The number of esters is 1. The zero-order valence-electron chi connectivity index (χ0n) is 15.3. The van der Waals surface area contributed by atoms with E-state index in [4.69, 9.17) is 21.1 Å². The number of thioether (sulfide) groups is 1. The first-order valence-corrected chi connectivity index (χ1v) is 9.91. The van der Waals surface area contributed by atoms with Gasteiger partial charge < -0.3 is 9.47 Å². The molecule has 0 heterocycles. The molecular weight excluding hydrogens is 344 g/mol. The van der Waals surface area contributed by atoms with Crippen LogP contribution in [0.2, 0.25) is 5.02 Å². The molecule has 5 heteroatoms. The first kappa shape index (κ1) is 21.2. The Hall–Kier alpha value is -0.870. The van der Waals surface area contributed by atoms with E-state index in [1.165, 1.54) is 0 Å². The van der Waals surface area contributed by atoms with E-state index >= 15 is 0 Å². The van der Waals surface area contributed by atoms with Gasteiger partial charge in [0.15, 0.2) is 0 Å². The summed E-state index contributed by atoms with van der Waals surface area (Å²) in [6.45, 7) is 10.5. The van der Waals surface area contributed by atoms with Gasteiger partial charge in [0.2, 0.25) is 0 Å². The molecule has 0 saturated heterocycles. The van der Waals surface area contributed by atoms with Gasteiger partial charge in [-0.3, -0.25) is 4.79 Å². The maximum atomic E-state index is 12.3. The Balaban J connectivity index is 2.25. The molecule has 3 nitrogen and oxygen atoms in total. The molecule has 0 aliphatic rings. The molecule has 1 aromatic rings. The Morgan fingerprint density at radius 2 is 1.83 bits per heavy atom. The summed E-state index contributed by atoms with van der Waals surface area (Å²) in [6, 6.07) is 7.37. The monoisotopic (exact) mass is 372 g/mol. The Labute approximate surface area is 155 Å². The Kier molecular flexibility index (Phi) is 8.99. The van der Waals surface area contributed by atoms with E-state index in [1.807, 2.05) is 45.0 Å². The lowest BCUT2D eigenvalue weighted by Gasteiger charge is -2.25. The summed E-state index contributed by atoms with van der Waals surface area (Å²) in [7, 11) is 0. The molecule has 0 aliphatic carbocycles. The van der Waals surface area contributed by atoms with Gasteiger partial charge in [0, 0.05) is 10.8 Å². The standard InChI is InChI=1S/C19H29ClO3S/c1-14(2)17(18(21)23-19(3,4)5)13-24-12-6-11-22-16-9-7-15(20)8-10-16/h7-10,14,17H,6,11-13H2,1-5H3. The van der Waals surface area contributed by atoms with Gasteiger partial charge >= 0.3 is 5.97 Å². The highest BCUT2D eigenvalue weighted by Gasteiger charge is 2.27. The van der Waals surface area contributed by atoms with Crippen molar-refractivity contribution in [3.63, 3.8) is 0 Å². The van der Waals surface area contributed by atoms with Crippen LogP contribution in [-0.4, -0.2) is 29.7 Å². The normalized spacial score (nSPS) is 13.0. The quantitative estimate of drug-likeness (QED) is 0.426. The van der Waals surface area contributed by atoms with Crippen LogP contribution in [-0.2, 0) is 9.53 Å². The Morgan fingerprint density at radius 1 is 1.21 bits per heavy atom. The summed E-state index contributed by atoms with van der Waals surface area (Å²) in [6.07, 6.45) is 0.937. The molecule has 0 amide bonds. The highest BCUT2D eigenvalue weighted by Crippen LogP contribution is 2.22. The molecule has 0 fully saturated rings. The number of benzene rings is 1. The van der Waals surface area contributed by atoms with Crippen molar-refractivity contribution in [2.75, 3.05) is 18.1 Å². The second-order valence-electron chi connectivity index (χ2n) is 7.11. The Morgan fingerprint density at radius 3 is 2.38 bits per heavy atom. The summed E-state index contributed by atoms with van der Waals surface area (Å²) in [4.78, 5) is 12.3. The molecule has 0 aromatic heterocycles. The van der Waals surface area contributed by atoms with E-state index in [2.05, 4.69) is 13.8 Å². The topological polar surface area (TPSA) is 35.5 Å². The van der Waals surface area contributed by atoms with Gasteiger partial charge in [-0.15, -0.1) is 0 Å². The third kappa shape index (κ3) is 8.84. The lowest BCUT2D eigenvalue weighted by Crippen LogP contribution is -2.32. The van der Waals surface area contributed by atoms with Crippen LogP contribution in [0.25, 0.3) is 0 Å². The zero-order valence-corrected chi connectivity index (χ0v) is 16.9. The minimum absolute atomic E-state index is 0.0635. The maximum Gasteiger partial charge on any atom is 0.310 e. The molecule has 1 unspecified atom stereocenters. The van der Waals surface area contributed by atoms with Crippen LogP contribution in [0.1, 0.15) is 41.0 Å². The van der Waals surface area contributed by atoms with Crippen LogP contribution in [0.4, 0.5) is 0 Å². The second kappa shape index (κ2) is 10.2. The number of rotatable bonds is 9. The number of hydrogen-bond acceptors (Lipinski definition) is 4. The highest BCUT2D eigenvalue weighted by atomic mass is 35.5. The van der Waals surface area contributed by atoms with Crippen LogP contribution in [0.15, 0.2) is 24.3 Å². The minimum atomic E-state index is -0.429. The van der Waals surface area contributed by atoms with E-state index in [9.17, 15) is 4.79 Å². The van der Waals surface area contributed by atoms with Gasteiger partial charge in [-0.1, -0.05) is 25.4 Å². The van der Waals surface area contributed by atoms with Crippen LogP contribution in [0, 0.1) is 11.8 Å². The number of carbonyl (C=O) groups is 1. The predicted molar refractivity (Wildman–Crippen MR) is 103 cm³/mol. The van der Waals surface area contributed by atoms with E-state index < -0.39 is 5.60 Å². The molecule has 0 radical (unpaired) electrons. The molecule has 1 rings (SSSR count). The third-order valence-electron chi connectivity index (χ3n) is 3.33. The van der Waals surface area contributed by atoms with Crippen molar-refractivity contribution in [3.8, 4) is 5.75 Å². The summed E-state index contributed by atoms with van der Waals surface area (Å²) in [5.74, 6) is 2.69. The van der Waals surface area contributed by atoms with Gasteiger partial charge in [-0.05, 0) is 63.1 Å². The highest BCUT2D eigenvalue weighted by molar-refractivity contribution is 7.99. The maximum absolute atomic E-state index is 12.3. The molecule has 136 valence electrons. The zero-order chi connectivity index (χ0) is 18.2. The first-order valence-electron chi connectivity index (χ1n) is 8.38. The average Bonchev–Trinajstić information content (AvgIpc) is 2.45. The van der Waals surface area contributed by atoms with E-state index in [-0.39, 0.29) is 17.8 Å². The van der Waals surface area contributed by atoms with Crippen LogP contribution in [0.3, 0.4) is 0 Å². The van der Waals surface area contributed by atoms with Crippen LogP contribution >= 0.6 is 23.4 Å². The largest absolute Gasteiger partial charge is 0.494 e. The molecule has 0 aliphatic heterocycles. The van der Waals surface area contributed by atoms with Gasteiger partial charge in [0.1, 0.15) is 11.4 Å². The molecular formula is C19H29ClO3S. The predicted octanol–water partition coefficient (Wildman–Crippen LogP) is 5.46. The molecule has 0 bridgehead atoms. The van der Waals surface area contributed by atoms with Gasteiger partial charge in [0.25, 0.3) is 0 Å². The lowest BCUT2D eigenvalue weighted by atomic mass is 9.98. The summed E-state index contributed by atoms with van der Waals surface area (Å²) in [5.41, 5.74) is -0.429. The molecule has 0 saturated carbocycles. The first-order chi connectivity index (χ1) is 11.2. The summed E-state index contributed by atoms with van der Waals surface area (Å²) < 4.78 is 11.2. The van der Waals surface area contributed by atoms with Gasteiger partial charge in [-0.25, -0.2) is 0 Å². The van der Waals surface area contributed by atoms with Crippen molar-refractivity contribution >= 4 is 29.3 Å². The molecule has 0 N–H and O–H groups in total. The number of halogens is 1. The molecule has 0 spiro atoms. The molecule has 1 aromatic carbocycles. The van der Waals surface area contributed by atoms with E-state index in [1.54, 1.807) is 11.8 Å². The fourth-order valence-corrected chi connectivity index (χ4v) is 3.39. The third-order valence-corrected chi connectivity index (χ3v) is 4.75. The second-order valence-corrected chi connectivity index (χ2v) is 8.70. The van der Waals surface area contributed by atoms with Crippen molar-refractivity contribution in [2.45, 2.75) is 46.6 Å². The van der Waals surface area contributed by atoms with Crippen molar-refractivity contribution in [1.82, 2.24) is 0 Å². The van der Waals surface area contributed by atoms with Gasteiger partial charge in [0.05, 0.1) is 12.5 Å². The Bertz CT molecular complexity index is 494. The van der Waals surface area contributed by atoms with Gasteiger partial charge in [-0.2, -0.15) is 11.8 Å². The SMILES string of the molecule is CC(C)C(CSCCCOc1ccc(Cl)cc1)C(=O)OC(C)(C)C. The van der Waals surface area contributed by atoms with E-state index in [0.717, 1.165) is 23.7 Å². The fourth-order valence-electron chi connectivity index (χ4n) is 2.00. The molecule has 1 atom stereocenters. The van der Waals surface area contributed by atoms with Crippen molar-refractivity contribution < 1.29 is 14.3 Å².